The van der Waals surface area contributed by atoms with Crippen LogP contribution in [-0.2, 0) is 27.3 Å². The van der Waals surface area contributed by atoms with Crippen LogP contribution in [-0.4, -0.2) is 0 Å². The molecule has 0 amide bonds. The molecular weight excluding hydrogens is 390 g/mol. The Morgan fingerprint density at radius 1 is 1.00 bits per heavy atom. The molecule has 0 aliphatic carbocycles. The average Bonchev–Trinajstić information content (AvgIpc) is 2.92. The van der Waals surface area contributed by atoms with Crippen LogP contribution in [0.2, 0.25) is 0 Å². The topological polar surface area (TPSA) is 0 Å². The molecule has 0 aliphatic rings. The van der Waals surface area contributed by atoms with E-state index in [9.17, 15) is 0 Å². The molecule has 0 saturated carbocycles. The molecule has 0 saturated heterocycles. The third-order valence-corrected chi connectivity index (χ3v) is 3.98. The van der Waals surface area contributed by atoms with Gasteiger partial charge in [0, 0.05) is 0 Å². The van der Waals surface area contributed by atoms with Crippen LogP contribution in [0.3, 0.4) is 0 Å². The van der Waals surface area contributed by atoms with Gasteiger partial charge in [0.2, 0.25) is 0 Å². The summed E-state index contributed by atoms with van der Waals surface area (Å²) in [5, 5.41) is 2.76. The average molecular weight is 409 g/mol. The van der Waals surface area contributed by atoms with Gasteiger partial charge >= 0.3 is 37.9 Å². The van der Waals surface area contributed by atoms with Crippen molar-refractivity contribution < 1.29 is 20.8 Å². The first-order valence-corrected chi connectivity index (χ1v) is 13.7. The summed E-state index contributed by atoms with van der Waals surface area (Å²) >= 11 is -0.826. The number of hydrogen-bond donors (Lipinski definition) is 0. The van der Waals surface area contributed by atoms with Gasteiger partial charge in [0.25, 0.3) is 0 Å². The van der Waals surface area contributed by atoms with Crippen LogP contribution in [0.25, 0.3) is 21.9 Å². The third kappa shape index (κ3) is 3.88. The molecule has 0 N–H and O–H groups in total. The van der Waals surface area contributed by atoms with Gasteiger partial charge in [-0.15, -0.1) is 34.5 Å². The van der Waals surface area contributed by atoms with Crippen molar-refractivity contribution in [2.45, 2.75) is 27.2 Å². The Hall–Kier alpha value is -0.487. The Kier molecular flexibility index (Phi) is 6.81. The quantitative estimate of drug-likeness (QED) is 0.409. The van der Waals surface area contributed by atoms with Crippen molar-refractivity contribution in [1.82, 2.24) is 0 Å². The van der Waals surface area contributed by atoms with E-state index in [-0.39, 0.29) is 0 Å². The number of aryl methyl sites for hydroxylation is 3. The monoisotopic (exact) mass is 407 g/mol. The van der Waals surface area contributed by atoms with E-state index in [1.165, 1.54) is 38.6 Å². The molecule has 0 aliphatic heterocycles. The van der Waals surface area contributed by atoms with Crippen molar-refractivity contribution in [3.63, 3.8) is 0 Å². The Morgan fingerprint density at radius 3 is 2.32 bits per heavy atom. The third-order valence-electron chi connectivity index (χ3n) is 3.98. The van der Waals surface area contributed by atoms with Crippen molar-refractivity contribution in [2.75, 3.05) is 0 Å². The number of fused-ring (bicyclic) bond motifs is 1. The Balaban J connectivity index is 0.000000545. The van der Waals surface area contributed by atoms with Gasteiger partial charge in [0.05, 0.1) is 0 Å². The molecule has 0 atom stereocenters. The molecule has 3 aromatic rings. The molecule has 0 bridgehead atoms. The normalized spacial score (nSPS) is 10.2. The van der Waals surface area contributed by atoms with Crippen molar-refractivity contribution in [3.8, 4) is 11.1 Å². The van der Waals surface area contributed by atoms with Gasteiger partial charge in [-0.05, 0) is 31.4 Å². The van der Waals surface area contributed by atoms with E-state index < -0.39 is 20.8 Å². The summed E-state index contributed by atoms with van der Waals surface area (Å²) in [5.41, 5.74) is 6.89. The SMILES string of the molecule is CCc1cc2c(-c3ccccc3C)c(C)ccc2[cH-]1.[Cl][Zr][Cl]. The molecule has 3 aromatic carbocycles. The molecule has 114 valence electrons. The van der Waals surface area contributed by atoms with Crippen LogP contribution in [0.15, 0.2) is 48.5 Å². The zero-order valence-electron chi connectivity index (χ0n) is 13.1. The number of rotatable bonds is 2. The molecular formula is C19H19Cl2Zr-. The number of benzene rings is 2. The van der Waals surface area contributed by atoms with Crippen LogP contribution in [0, 0.1) is 13.8 Å². The van der Waals surface area contributed by atoms with Crippen LogP contribution >= 0.6 is 17.0 Å². The molecule has 0 radical (unpaired) electrons. The molecule has 0 heterocycles. The molecule has 22 heavy (non-hydrogen) atoms. The number of halogens is 2. The molecule has 0 spiro atoms. The van der Waals surface area contributed by atoms with Crippen molar-refractivity contribution in [3.05, 3.63) is 65.2 Å². The van der Waals surface area contributed by atoms with Crippen LogP contribution in [0.4, 0.5) is 0 Å². The molecule has 0 unspecified atom stereocenters. The predicted molar refractivity (Wildman–Crippen MR) is 95.5 cm³/mol. The zero-order chi connectivity index (χ0) is 16.1. The first-order valence-electron chi connectivity index (χ1n) is 7.33. The van der Waals surface area contributed by atoms with Gasteiger partial charge in [-0.1, -0.05) is 42.3 Å². The van der Waals surface area contributed by atoms with Gasteiger partial charge in [-0.2, -0.15) is 6.07 Å². The van der Waals surface area contributed by atoms with Crippen LogP contribution in [0.5, 0.6) is 0 Å². The summed E-state index contributed by atoms with van der Waals surface area (Å²) in [6.45, 7) is 6.62. The van der Waals surface area contributed by atoms with E-state index in [4.69, 9.17) is 17.0 Å². The maximum atomic E-state index is 4.93. The first-order chi connectivity index (χ1) is 10.6. The molecule has 0 aromatic heterocycles. The molecule has 0 nitrogen and oxygen atoms in total. The minimum absolute atomic E-state index is 0.826. The van der Waals surface area contributed by atoms with Gasteiger partial charge < -0.3 is 0 Å². The Bertz CT molecular complexity index is 759. The summed E-state index contributed by atoms with van der Waals surface area (Å²) in [6, 6.07) is 17.8. The zero-order valence-corrected chi connectivity index (χ0v) is 17.1. The van der Waals surface area contributed by atoms with E-state index in [2.05, 4.69) is 69.3 Å². The van der Waals surface area contributed by atoms with E-state index in [1.807, 2.05) is 0 Å². The van der Waals surface area contributed by atoms with E-state index >= 15 is 0 Å². The van der Waals surface area contributed by atoms with Gasteiger partial charge in [-0.25, -0.2) is 0 Å². The fourth-order valence-corrected chi connectivity index (χ4v) is 2.87. The van der Waals surface area contributed by atoms with Gasteiger partial charge in [0.1, 0.15) is 0 Å². The fourth-order valence-electron chi connectivity index (χ4n) is 2.87. The van der Waals surface area contributed by atoms with Gasteiger partial charge in [0.15, 0.2) is 0 Å². The standard InChI is InChI=1S/C19H19.2ClH.Zr/c1-4-15-11-16-10-9-14(3)19(18(16)12-15)17-8-6-5-7-13(17)2;;;/h5-12H,4H2,1-3H3;2*1H;/q-1;;;+2/p-2. The van der Waals surface area contributed by atoms with Crippen LogP contribution in [0.1, 0.15) is 23.6 Å². The second-order valence-corrected chi connectivity index (χ2v) is 9.10. The second kappa shape index (κ2) is 8.39. The van der Waals surface area contributed by atoms with E-state index in [0.717, 1.165) is 6.42 Å². The summed E-state index contributed by atoms with van der Waals surface area (Å²) in [4.78, 5) is 0. The summed E-state index contributed by atoms with van der Waals surface area (Å²) in [7, 11) is 9.87. The summed E-state index contributed by atoms with van der Waals surface area (Å²) in [6.07, 6.45) is 1.10. The Labute approximate surface area is 151 Å². The Morgan fingerprint density at radius 2 is 1.68 bits per heavy atom. The summed E-state index contributed by atoms with van der Waals surface area (Å²) < 4.78 is 0. The number of hydrogen-bond acceptors (Lipinski definition) is 0. The first kappa shape index (κ1) is 17.9. The predicted octanol–water partition coefficient (Wildman–Crippen LogP) is 6.78. The minimum atomic E-state index is -0.826. The molecule has 3 rings (SSSR count). The van der Waals surface area contributed by atoms with Gasteiger partial charge in [-0.3, -0.25) is 0 Å². The van der Waals surface area contributed by atoms with E-state index in [0.29, 0.717) is 0 Å². The molecule has 0 fully saturated rings. The molecule has 3 heteroatoms. The summed E-state index contributed by atoms with van der Waals surface area (Å²) in [5.74, 6) is 0. The fraction of sp³-hybridized carbons (Fsp3) is 0.211. The van der Waals surface area contributed by atoms with Crippen LogP contribution < -0.4 is 0 Å². The van der Waals surface area contributed by atoms with E-state index in [1.54, 1.807) is 0 Å². The van der Waals surface area contributed by atoms with Crippen molar-refractivity contribution in [1.29, 1.82) is 0 Å². The second-order valence-electron chi connectivity index (χ2n) is 5.36. The maximum absolute atomic E-state index is 4.93. The van der Waals surface area contributed by atoms with Crippen molar-refractivity contribution >= 4 is 27.8 Å². The van der Waals surface area contributed by atoms with Crippen molar-refractivity contribution in [2.24, 2.45) is 0 Å².